The van der Waals surface area contributed by atoms with Gasteiger partial charge in [0.2, 0.25) is 5.88 Å². The second kappa shape index (κ2) is 10.3. The van der Waals surface area contributed by atoms with Crippen molar-refractivity contribution in [2.75, 3.05) is 6.54 Å². The number of benzene rings is 1. The molecule has 1 heterocycles. The van der Waals surface area contributed by atoms with Crippen LogP contribution in [0.4, 0.5) is 0 Å². The first-order valence-electron chi connectivity index (χ1n) is 10.6. The summed E-state index contributed by atoms with van der Waals surface area (Å²) >= 11 is 0. The maximum Gasteiger partial charge on any atom is 0.270 e. The molecule has 4 nitrogen and oxygen atoms in total. The van der Waals surface area contributed by atoms with Crippen LogP contribution >= 0.6 is 0 Å². The number of ether oxygens (including phenoxy) is 1. The molecule has 1 aliphatic carbocycles. The van der Waals surface area contributed by atoms with E-state index < -0.39 is 0 Å². The maximum absolute atomic E-state index is 12.6. The number of aromatic nitrogens is 1. The number of hydrogen-bond donors (Lipinski definition) is 1. The molecule has 1 N–H and O–H groups in total. The van der Waals surface area contributed by atoms with Gasteiger partial charge in [0.1, 0.15) is 11.8 Å². The van der Waals surface area contributed by atoms with Crippen LogP contribution in [0.3, 0.4) is 0 Å². The van der Waals surface area contributed by atoms with Gasteiger partial charge in [-0.05, 0) is 61.6 Å². The highest BCUT2D eigenvalue weighted by atomic mass is 16.5. The van der Waals surface area contributed by atoms with Crippen LogP contribution in [0.15, 0.2) is 42.5 Å². The van der Waals surface area contributed by atoms with Crippen LogP contribution in [0.1, 0.15) is 74.0 Å². The second-order valence-corrected chi connectivity index (χ2v) is 8.18. The Balaban J connectivity index is 1.77. The minimum Gasteiger partial charge on any atom is -0.474 e. The number of amides is 1. The van der Waals surface area contributed by atoms with Crippen LogP contribution in [0.25, 0.3) is 0 Å². The SMILES string of the molecule is CC(C)CCNC(=O)c1cc(Cc2ccccc2)cc(OC2CCCCC2)n1. The Morgan fingerprint density at radius 3 is 2.57 bits per heavy atom. The largest absolute Gasteiger partial charge is 0.474 e. The quantitative estimate of drug-likeness (QED) is 0.688. The lowest BCUT2D eigenvalue weighted by molar-refractivity contribution is 0.0943. The number of rotatable bonds is 8. The summed E-state index contributed by atoms with van der Waals surface area (Å²) in [6.07, 6.45) is 7.77. The molecule has 0 radical (unpaired) electrons. The van der Waals surface area contributed by atoms with Crippen LogP contribution in [-0.4, -0.2) is 23.5 Å². The molecule has 150 valence electrons. The molecule has 0 spiro atoms. The smallest absolute Gasteiger partial charge is 0.270 e. The zero-order valence-electron chi connectivity index (χ0n) is 17.1. The Bertz CT molecular complexity index is 752. The van der Waals surface area contributed by atoms with E-state index in [2.05, 4.69) is 36.3 Å². The molecule has 3 rings (SSSR count). The topological polar surface area (TPSA) is 51.2 Å². The lowest BCUT2D eigenvalue weighted by atomic mass is 9.98. The molecule has 28 heavy (non-hydrogen) atoms. The molecule has 1 aromatic heterocycles. The predicted octanol–water partition coefficient (Wildman–Crippen LogP) is 5.16. The number of nitrogens with one attached hydrogen (secondary N) is 1. The van der Waals surface area contributed by atoms with Gasteiger partial charge in [0, 0.05) is 12.6 Å². The Kier molecular flexibility index (Phi) is 7.46. The van der Waals surface area contributed by atoms with Gasteiger partial charge in [-0.3, -0.25) is 4.79 Å². The van der Waals surface area contributed by atoms with E-state index >= 15 is 0 Å². The average Bonchev–Trinajstić information content (AvgIpc) is 2.69. The summed E-state index contributed by atoms with van der Waals surface area (Å²) in [5.74, 6) is 1.02. The number of hydrogen-bond acceptors (Lipinski definition) is 3. The average molecular weight is 381 g/mol. The zero-order chi connectivity index (χ0) is 19.8. The first-order valence-corrected chi connectivity index (χ1v) is 10.6. The lowest BCUT2D eigenvalue weighted by Crippen LogP contribution is -2.27. The van der Waals surface area contributed by atoms with Gasteiger partial charge in [-0.1, -0.05) is 50.6 Å². The molecular formula is C24H32N2O2. The highest BCUT2D eigenvalue weighted by Gasteiger charge is 2.18. The number of pyridine rings is 1. The lowest BCUT2D eigenvalue weighted by Gasteiger charge is -2.23. The van der Waals surface area contributed by atoms with Crippen molar-refractivity contribution in [1.29, 1.82) is 0 Å². The Labute approximate surface area is 168 Å². The Hall–Kier alpha value is -2.36. The van der Waals surface area contributed by atoms with Crippen LogP contribution in [0.5, 0.6) is 5.88 Å². The van der Waals surface area contributed by atoms with E-state index in [1.165, 1.54) is 24.8 Å². The van der Waals surface area contributed by atoms with Crippen LogP contribution < -0.4 is 10.1 Å². The molecule has 1 fully saturated rings. The summed E-state index contributed by atoms with van der Waals surface area (Å²) in [6, 6.07) is 14.2. The molecule has 4 heteroatoms. The molecule has 0 saturated heterocycles. The van der Waals surface area contributed by atoms with Crippen molar-refractivity contribution in [2.45, 2.75) is 64.9 Å². The molecule has 2 aromatic rings. The molecule has 1 amide bonds. The summed E-state index contributed by atoms with van der Waals surface area (Å²) in [7, 11) is 0. The van der Waals surface area contributed by atoms with E-state index in [-0.39, 0.29) is 12.0 Å². The van der Waals surface area contributed by atoms with Crippen LogP contribution in [0, 0.1) is 5.92 Å². The molecule has 0 unspecified atom stereocenters. The minimum atomic E-state index is -0.121. The van der Waals surface area contributed by atoms with E-state index in [0.717, 1.165) is 31.2 Å². The fraction of sp³-hybridized carbons (Fsp3) is 0.500. The van der Waals surface area contributed by atoms with Gasteiger partial charge in [0.25, 0.3) is 5.91 Å². The van der Waals surface area contributed by atoms with E-state index in [1.54, 1.807) is 0 Å². The third-order valence-corrected chi connectivity index (χ3v) is 5.19. The number of carbonyl (C=O) groups is 1. The van der Waals surface area contributed by atoms with Crippen molar-refractivity contribution < 1.29 is 9.53 Å². The molecule has 1 aromatic carbocycles. The fourth-order valence-corrected chi connectivity index (χ4v) is 3.59. The predicted molar refractivity (Wildman–Crippen MR) is 113 cm³/mol. The van der Waals surface area contributed by atoms with Crippen molar-refractivity contribution in [3.63, 3.8) is 0 Å². The Morgan fingerprint density at radius 2 is 1.86 bits per heavy atom. The summed E-state index contributed by atoms with van der Waals surface area (Å²) in [5.41, 5.74) is 2.72. The minimum absolute atomic E-state index is 0.121. The monoisotopic (exact) mass is 380 g/mol. The van der Waals surface area contributed by atoms with Crippen molar-refractivity contribution >= 4 is 5.91 Å². The van der Waals surface area contributed by atoms with Crippen molar-refractivity contribution in [2.24, 2.45) is 5.92 Å². The third-order valence-electron chi connectivity index (χ3n) is 5.19. The van der Waals surface area contributed by atoms with Gasteiger partial charge in [-0.2, -0.15) is 0 Å². The summed E-state index contributed by atoms with van der Waals surface area (Å²) in [5, 5.41) is 3.00. The third kappa shape index (κ3) is 6.36. The first kappa shape index (κ1) is 20.4. The van der Waals surface area contributed by atoms with Gasteiger partial charge in [-0.25, -0.2) is 4.98 Å². The zero-order valence-corrected chi connectivity index (χ0v) is 17.1. The van der Waals surface area contributed by atoms with Gasteiger partial charge < -0.3 is 10.1 Å². The highest BCUT2D eigenvalue weighted by molar-refractivity contribution is 5.92. The molecule has 0 aliphatic heterocycles. The summed E-state index contributed by atoms with van der Waals surface area (Å²) in [6.45, 7) is 4.97. The molecule has 1 aliphatic rings. The summed E-state index contributed by atoms with van der Waals surface area (Å²) < 4.78 is 6.18. The van der Waals surface area contributed by atoms with Gasteiger partial charge >= 0.3 is 0 Å². The molecule has 0 atom stereocenters. The van der Waals surface area contributed by atoms with E-state index in [4.69, 9.17) is 4.74 Å². The fourth-order valence-electron chi connectivity index (χ4n) is 3.59. The van der Waals surface area contributed by atoms with E-state index in [1.807, 2.05) is 30.3 Å². The van der Waals surface area contributed by atoms with Crippen molar-refractivity contribution in [1.82, 2.24) is 10.3 Å². The standard InChI is InChI=1S/C24H32N2O2/c1-18(2)13-14-25-24(27)22-16-20(15-19-9-5-3-6-10-19)17-23(26-22)28-21-11-7-4-8-12-21/h3,5-6,9-10,16-18,21H,4,7-8,11-15H2,1-2H3,(H,25,27). The van der Waals surface area contributed by atoms with E-state index in [9.17, 15) is 4.79 Å². The first-order chi connectivity index (χ1) is 13.6. The van der Waals surface area contributed by atoms with Crippen LogP contribution in [0.2, 0.25) is 0 Å². The van der Waals surface area contributed by atoms with Gasteiger partial charge in [0.05, 0.1) is 0 Å². The molecule has 0 bridgehead atoms. The van der Waals surface area contributed by atoms with Crippen LogP contribution in [-0.2, 0) is 6.42 Å². The number of nitrogens with zero attached hydrogens (tertiary/aromatic N) is 1. The molecule has 1 saturated carbocycles. The van der Waals surface area contributed by atoms with Gasteiger partial charge in [-0.15, -0.1) is 0 Å². The van der Waals surface area contributed by atoms with E-state index in [0.29, 0.717) is 24.0 Å². The van der Waals surface area contributed by atoms with Crippen molar-refractivity contribution in [3.8, 4) is 5.88 Å². The van der Waals surface area contributed by atoms with Crippen molar-refractivity contribution in [3.05, 3.63) is 59.3 Å². The summed E-state index contributed by atoms with van der Waals surface area (Å²) in [4.78, 5) is 17.2. The Morgan fingerprint density at radius 1 is 1.11 bits per heavy atom. The molecular weight excluding hydrogens is 348 g/mol. The maximum atomic E-state index is 12.6. The second-order valence-electron chi connectivity index (χ2n) is 8.18. The number of carbonyl (C=O) groups excluding carboxylic acids is 1. The highest BCUT2D eigenvalue weighted by Crippen LogP contribution is 2.24. The van der Waals surface area contributed by atoms with Gasteiger partial charge in [0.15, 0.2) is 0 Å². The normalized spacial score (nSPS) is 14.8.